The van der Waals surface area contributed by atoms with Gasteiger partial charge < -0.3 is 10.2 Å². The van der Waals surface area contributed by atoms with Gasteiger partial charge in [-0.15, -0.1) is 0 Å². The highest BCUT2D eigenvalue weighted by Gasteiger charge is 2.22. The van der Waals surface area contributed by atoms with Crippen molar-refractivity contribution in [1.29, 1.82) is 0 Å². The molecule has 1 heterocycles. The molecule has 1 fully saturated rings. The van der Waals surface area contributed by atoms with Gasteiger partial charge in [-0.2, -0.15) is 0 Å². The van der Waals surface area contributed by atoms with Crippen LogP contribution in [-0.4, -0.2) is 38.6 Å². The Balaban J connectivity index is 0.000000304. The van der Waals surface area contributed by atoms with Crippen molar-refractivity contribution in [2.24, 2.45) is 11.3 Å². The molecule has 0 bridgehead atoms. The second-order valence-electron chi connectivity index (χ2n) is 6.37. The Morgan fingerprint density at radius 1 is 1.24 bits per heavy atom. The van der Waals surface area contributed by atoms with Crippen LogP contribution in [0.5, 0.6) is 0 Å². The first-order valence-corrected chi connectivity index (χ1v) is 7.24. The van der Waals surface area contributed by atoms with Gasteiger partial charge in [-0.05, 0) is 64.3 Å². The fraction of sp³-hybridized carbons (Fsp3) is 1.00. The average Bonchev–Trinajstić information content (AvgIpc) is 2.31. The first-order valence-electron chi connectivity index (χ1n) is 7.24. The first kappa shape index (κ1) is 16.9. The molecule has 1 saturated heterocycles. The first-order chi connectivity index (χ1) is 7.91. The van der Waals surface area contributed by atoms with Crippen molar-refractivity contribution in [2.75, 3.05) is 33.7 Å². The number of hydrogen-bond acceptors (Lipinski definition) is 2. The lowest BCUT2D eigenvalue weighted by Crippen LogP contribution is -2.34. The Labute approximate surface area is 109 Å². The normalized spacial score (nSPS) is 21.5. The third-order valence-corrected chi connectivity index (χ3v) is 3.92. The van der Waals surface area contributed by atoms with E-state index in [1.807, 2.05) is 7.05 Å². The third kappa shape index (κ3) is 9.61. The smallest absolute Gasteiger partial charge is 0.00167 e. The van der Waals surface area contributed by atoms with Crippen LogP contribution in [0.4, 0.5) is 0 Å². The van der Waals surface area contributed by atoms with Crippen molar-refractivity contribution in [3.05, 3.63) is 0 Å². The van der Waals surface area contributed by atoms with Crippen molar-refractivity contribution < 1.29 is 0 Å². The summed E-state index contributed by atoms with van der Waals surface area (Å²) in [4.78, 5) is 2.41. The van der Waals surface area contributed by atoms with Crippen molar-refractivity contribution in [3.8, 4) is 0 Å². The molecule has 17 heavy (non-hydrogen) atoms. The van der Waals surface area contributed by atoms with E-state index in [-0.39, 0.29) is 0 Å². The third-order valence-electron chi connectivity index (χ3n) is 3.92. The molecule has 0 amide bonds. The predicted octanol–water partition coefficient (Wildman–Crippen LogP) is 3.38. The van der Waals surface area contributed by atoms with E-state index in [0.29, 0.717) is 5.41 Å². The summed E-state index contributed by atoms with van der Waals surface area (Å²) in [5.74, 6) is 0.891. The molecule has 1 aliphatic rings. The number of nitrogens with one attached hydrogen (secondary N) is 1. The SMILES string of the molecule is CCC(C)CCNC.CN1CCC(C)(C)CC1. The molecule has 0 aromatic rings. The van der Waals surface area contributed by atoms with E-state index in [2.05, 4.69) is 45.0 Å². The summed E-state index contributed by atoms with van der Waals surface area (Å²) in [6.45, 7) is 13.0. The molecule has 0 saturated carbocycles. The lowest BCUT2D eigenvalue weighted by atomic mass is 9.83. The highest BCUT2D eigenvalue weighted by molar-refractivity contribution is 4.76. The number of rotatable bonds is 4. The highest BCUT2D eigenvalue weighted by atomic mass is 15.1. The van der Waals surface area contributed by atoms with Gasteiger partial charge >= 0.3 is 0 Å². The van der Waals surface area contributed by atoms with Gasteiger partial charge in [0.25, 0.3) is 0 Å². The van der Waals surface area contributed by atoms with Crippen LogP contribution >= 0.6 is 0 Å². The standard InChI is InChI=1S/C8H17N.C7H17N/c1-8(2)4-6-9(3)7-5-8;1-4-7(2)5-6-8-3/h4-7H2,1-3H3;7-8H,4-6H2,1-3H3. The molecule has 1 rings (SSSR count). The molecule has 1 N–H and O–H groups in total. The minimum Gasteiger partial charge on any atom is -0.320 e. The monoisotopic (exact) mass is 242 g/mol. The van der Waals surface area contributed by atoms with Gasteiger partial charge in [0.2, 0.25) is 0 Å². The fourth-order valence-electron chi connectivity index (χ4n) is 1.82. The van der Waals surface area contributed by atoms with E-state index in [4.69, 9.17) is 0 Å². The van der Waals surface area contributed by atoms with E-state index in [1.54, 1.807) is 0 Å². The molecule has 2 nitrogen and oxygen atoms in total. The Kier molecular flexibility index (Phi) is 8.89. The summed E-state index contributed by atoms with van der Waals surface area (Å²) in [7, 11) is 4.21. The number of piperidine rings is 1. The van der Waals surface area contributed by atoms with Crippen molar-refractivity contribution >= 4 is 0 Å². The molecule has 0 aromatic carbocycles. The van der Waals surface area contributed by atoms with Crippen molar-refractivity contribution in [2.45, 2.75) is 53.4 Å². The second-order valence-corrected chi connectivity index (χ2v) is 6.37. The van der Waals surface area contributed by atoms with Gasteiger partial charge in [0.15, 0.2) is 0 Å². The van der Waals surface area contributed by atoms with Gasteiger partial charge in [0.1, 0.15) is 0 Å². The van der Waals surface area contributed by atoms with Crippen LogP contribution in [0.25, 0.3) is 0 Å². The van der Waals surface area contributed by atoms with Crippen LogP contribution in [0.3, 0.4) is 0 Å². The molecule has 0 aliphatic carbocycles. The summed E-state index contributed by atoms with van der Waals surface area (Å²) in [5, 5.41) is 3.13. The van der Waals surface area contributed by atoms with Gasteiger partial charge in [-0.25, -0.2) is 0 Å². The molecule has 1 atom stereocenters. The quantitative estimate of drug-likeness (QED) is 0.813. The van der Waals surface area contributed by atoms with Gasteiger partial charge in [-0.3, -0.25) is 0 Å². The number of likely N-dealkylation sites (tertiary alicyclic amines) is 1. The second kappa shape index (κ2) is 8.93. The maximum absolute atomic E-state index is 3.13. The molecule has 1 unspecified atom stereocenters. The zero-order chi connectivity index (χ0) is 13.3. The Morgan fingerprint density at radius 3 is 2.12 bits per heavy atom. The highest BCUT2D eigenvalue weighted by Crippen LogP contribution is 2.28. The predicted molar refractivity (Wildman–Crippen MR) is 78.5 cm³/mol. The lowest BCUT2D eigenvalue weighted by Gasteiger charge is -2.34. The number of nitrogens with zero attached hydrogens (tertiary/aromatic N) is 1. The average molecular weight is 242 g/mol. The maximum atomic E-state index is 3.13. The molecular weight excluding hydrogens is 208 g/mol. The lowest BCUT2D eigenvalue weighted by molar-refractivity contribution is 0.157. The summed E-state index contributed by atoms with van der Waals surface area (Å²) >= 11 is 0. The van der Waals surface area contributed by atoms with Crippen LogP contribution in [0, 0.1) is 11.3 Å². The van der Waals surface area contributed by atoms with Crippen LogP contribution in [0.1, 0.15) is 53.4 Å². The Hall–Kier alpha value is -0.0800. The molecule has 1 aliphatic heterocycles. The van der Waals surface area contributed by atoms with Crippen molar-refractivity contribution in [1.82, 2.24) is 10.2 Å². The molecule has 104 valence electrons. The van der Waals surface area contributed by atoms with E-state index < -0.39 is 0 Å². The minimum absolute atomic E-state index is 0.618. The largest absolute Gasteiger partial charge is 0.320 e. The topological polar surface area (TPSA) is 15.3 Å². The van der Waals surface area contributed by atoms with Gasteiger partial charge in [0.05, 0.1) is 0 Å². The van der Waals surface area contributed by atoms with Gasteiger partial charge in [-0.1, -0.05) is 34.1 Å². The van der Waals surface area contributed by atoms with Crippen LogP contribution in [-0.2, 0) is 0 Å². The van der Waals surface area contributed by atoms with E-state index in [9.17, 15) is 0 Å². The van der Waals surface area contributed by atoms with E-state index in [1.165, 1.54) is 38.8 Å². The summed E-state index contributed by atoms with van der Waals surface area (Å²) in [6, 6.07) is 0. The van der Waals surface area contributed by atoms with Gasteiger partial charge in [0, 0.05) is 0 Å². The van der Waals surface area contributed by atoms with Crippen LogP contribution in [0.2, 0.25) is 0 Å². The van der Waals surface area contributed by atoms with Crippen molar-refractivity contribution in [3.63, 3.8) is 0 Å². The maximum Gasteiger partial charge on any atom is -0.00167 e. The van der Waals surface area contributed by atoms with E-state index in [0.717, 1.165) is 12.5 Å². The molecule has 2 heteroatoms. The summed E-state index contributed by atoms with van der Waals surface area (Å²) in [5.41, 5.74) is 0.618. The minimum atomic E-state index is 0.618. The molecule has 0 aromatic heterocycles. The van der Waals surface area contributed by atoms with Crippen LogP contribution < -0.4 is 5.32 Å². The zero-order valence-electron chi connectivity index (χ0n) is 13.0. The Bertz CT molecular complexity index is 168. The van der Waals surface area contributed by atoms with E-state index >= 15 is 0 Å². The van der Waals surface area contributed by atoms with Crippen LogP contribution in [0.15, 0.2) is 0 Å². The summed E-state index contributed by atoms with van der Waals surface area (Å²) in [6.07, 6.45) is 5.35. The Morgan fingerprint density at radius 2 is 1.76 bits per heavy atom. The zero-order valence-corrected chi connectivity index (χ0v) is 13.0. The fourth-order valence-corrected chi connectivity index (χ4v) is 1.82. The molecular formula is C15H34N2. The summed E-state index contributed by atoms with van der Waals surface area (Å²) < 4.78 is 0. The molecule has 0 radical (unpaired) electrons. The number of hydrogen-bond donors (Lipinski definition) is 1. The molecule has 0 spiro atoms.